The Morgan fingerprint density at radius 2 is 1.77 bits per heavy atom. The Labute approximate surface area is 158 Å². The number of rotatable bonds is 3. The Bertz CT molecular complexity index is 493. The van der Waals surface area contributed by atoms with E-state index in [-0.39, 0.29) is 6.09 Å². The highest BCUT2D eigenvalue weighted by Crippen LogP contribution is 2.19. The van der Waals surface area contributed by atoms with E-state index in [1.54, 1.807) is 4.90 Å². The van der Waals surface area contributed by atoms with Crippen molar-refractivity contribution >= 4 is 12.1 Å². The second-order valence-electron chi connectivity index (χ2n) is 8.75. The van der Waals surface area contributed by atoms with Crippen molar-refractivity contribution in [3.63, 3.8) is 0 Å². The van der Waals surface area contributed by atoms with E-state index in [4.69, 9.17) is 10.5 Å². The summed E-state index contributed by atoms with van der Waals surface area (Å²) in [6.07, 6.45) is 2.22. The van der Waals surface area contributed by atoms with Crippen LogP contribution in [0.15, 0.2) is 4.99 Å². The van der Waals surface area contributed by atoms with Gasteiger partial charge in [-0.15, -0.1) is 0 Å². The zero-order chi connectivity index (χ0) is 19.3. The summed E-state index contributed by atoms with van der Waals surface area (Å²) < 4.78 is 5.43. The molecule has 2 aliphatic rings. The molecule has 26 heavy (non-hydrogen) atoms. The van der Waals surface area contributed by atoms with E-state index in [9.17, 15) is 4.79 Å². The number of hydrogen-bond donors (Lipinski definition) is 1. The quantitative estimate of drug-likeness (QED) is 0.610. The number of likely N-dealkylation sites (tertiary alicyclic amines) is 1. The number of carbonyl (C=O) groups is 1. The van der Waals surface area contributed by atoms with E-state index in [1.807, 2.05) is 20.8 Å². The summed E-state index contributed by atoms with van der Waals surface area (Å²) in [6, 6.07) is 0.597. The summed E-state index contributed by atoms with van der Waals surface area (Å²) in [7, 11) is 0. The molecule has 0 aliphatic carbocycles. The zero-order valence-electron chi connectivity index (χ0n) is 17.2. The van der Waals surface area contributed by atoms with Gasteiger partial charge < -0.3 is 25.2 Å². The third-order valence-electron chi connectivity index (χ3n) is 5.05. The number of piperidine rings is 1. The van der Waals surface area contributed by atoms with E-state index in [0.29, 0.717) is 44.1 Å². The Balaban J connectivity index is 1.78. The van der Waals surface area contributed by atoms with Crippen LogP contribution in [-0.4, -0.2) is 84.2 Å². The fraction of sp³-hybridized carbons (Fsp3) is 0.895. The van der Waals surface area contributed by atoms with Gasteiger partial charge in [0.05, 0.1) is 0 Å². The fourth-order valence-electron chi connectivity index (χ4n) is 3.48. The minimum absolute atomic E-state index is 0.247. The third-order valence-corrected chi connectivity index (χ3v) is 5.05. The number of carbonyl (C=O) groups excluding carboxylic acids is 1. The summed E-state index contributed by atoms with van der Waals surface area (Å²) in [6.45, 7) is 15.9. The van der Waals surface area contributed by atoms with Crippen molar-refractivity contribution in [2.45, 2.75) is 59.1 Å². The predicted molar refractivity (Wildman–Crippen MR) is 105 cm³/mol. The largest absolute Gasteiger partial charge is 0.444 e. The van der Waals surface area contributed by atoms with Crippen molar-refractivity contribution < 1.29 is 9.53 Å². The fourth-order valence-corrected chi connectivity index (χ4v) is 3.48. The highest BCUT2D eigenvalue weighted by Gasteiger charge is 2.27. The van der Waals surface area contributed by atoms with Gasteiger partial charge in [0, 0.05) is 45.3 Å². The Morgan fingerprint density at radius 1 is 1.15 bits per heavy atom. The Hall–Kier alpha value is -1.50. The second kappa shape index (κ2) is 8.93. The number of hydrogen-bond acceptors (Lipinski definition) is 4. The number of ether oxygens (including phenoxy) is 1. The molecule has 0 spiro atoms. The van der Waals surface area contributed by atoms with Gasteiger partial charge in [0.15, 0.2) is 5.96 Å². The minimum Gasteiger partial charge on any atom is -0.444 e. The lowest BCUT2D eigenvalue weighted by atomic mass is 9.97. The van der Waals surface area contributed by atoms with E-state index in [2.05, 4.69) is 28.6 Å². The van der Waals surface area contributed by atoms with Crippen LogP contribution >= 0.6 is 0 Å². The molecule has 2 aliphatic heterocycles. The zero-order valence-corrected chi connectivity index (χ0v) is 17.2. The maximum absolute atomic E-state index is 12.1. The van der Waals surface area contributed by atoms with Gasteiger partial charge in [-0.3, -0.25) is 4.99 Å². The van der Waals surface area contributed by atoms with E-state index in [0.717, 1.165) is 13.1 Å². The molecule has 1 atom stereocenters. The standard InChI is InChI=1S/C19H37N5O2/c1-15(2)24-8-6-7-16(14-24)13-21-17(20)22-9-11-23(12-10-22)18(25)26-19(3,4)5/h15-16H,6-14H2,1-5H3,(H2,20,21). The first kappa shape index (κ1) is 20.8. The maximum atomic E-state index is 12.1. The molecular weight excluding hydrogens is 330 g/mol. The van der Waals surface area contributed by atoms with Crippen molar-refractivity contribution in [2.24, 2.45) is 16.6 Å². The Kier molecular flexibility index (Phi) is 7.15. The lowest BCUT2D eigenvalue weighted by molar-refractivity contribution is 0.0186. The molecule has 0 aromatic rings. The van der Waals surface area contributed by atoms with Crippen molar-refractivity contribution in [3.05, 3.63) is 0 Å². The molecule has 2 N–H and O–H groups in total. The molecule has 7 nitrogen and oxygen atoms in total. The Morgan fingerprint density at radius 3 is 2.35 bits per heavy atom. The second-order valence-corrected chi connectivity index (χ2v) is 8.75. The normalized spacial score (nSPS) is 23.5. The summed E-state index contributed by atoms with van der Waals surface area (Å²) >= 11 is 0. The lowest BCUT2D eigenvalue weighted by Gasteiger charge is -2.37. The van der Waals surface area contributed by atoms with Crippen LogP contribution in [-0.2, 0) is 4.74 Å². The van der Waals surface area contributed by atoms with Crippen LogP contribution in [0.25, 0.3) is 0 Å². The molecule has 150 valence electrons. The van der Waals surface area contributed by atoms with Gasteiger partial charge in [0.25, 0.3) is 0 Å². The average Bonchev–Trinajstić information content (AvgIpc) is 2.58. The van der Waals surface area contributed by atoms with Crippen LogP contribution in [0.3, 0.4) is 0 Å². The lowest BCUT2D eigenvalue weighted by Crippen LogP contribution is -2.53. The van der Waals surface area contributed by atoms with Crippen LogP contribution < -0.4 is 5.73 Å². The topological polar surface area (TPSA) is 74.4 Å². The number of aliphatic imine (C=N–C) groups is 1. The summed E-state index contributed by atoms with van der Waals surface area (Å²) in [5, 5.41) is 0. The first-order valence-corrected chi connectivity index (χ1v) is 9.92. The van der Waals surface area contributed by atoms with Crippen molar-refractivity contribution in [2.75, 3.05) is 45.8 Å². The number of nitrogens with zero attached hydrogens (tertiary/aromatic N) is 4. The van der Waals surface area contributed by atoms with Crippen molar-refractivity contribution in [3.8, 4) is 0 Å². The third kappa shape index (κ3) is 6.34. The van der Waals surface area contributed by atoms with Crippen LogP contribution in [0.5, 0.6) is 0 Å². The molecule has 2 saturated heterocycles. The van der Waals surface area contributed by atoms with Gasteiger partial charge in [-0.25, -0.2) is 4.79 Å². The van der Waals surface area contributed by atoms with Gasteiger partial charge in [-0.2, -0.15) is 0 Å². The smallest absolute Gasteiger partial charge is 0.410 e. The summed E-state index contributed by atoms with van der Waals surface area (Å²) in [5.41, 5.74) is 5.75. The molecule has 0 aromatic carbocycles. The first-order valence-electron chi connectivity index (χ1n) is 9.92. The maximum Gasteiger partial charge on any atom is 0.410 e. The molecule has 1 amide bonds. The van der Waals surface area contributed by atoms with Crippen molar-refractivity contribution in [1.29, 1.82) is 0 Å². The van der Waals surface area contributed by atoms with Gasteiger partial charge >= 0.3 is 6.09 Å². The van der Waals surface area contributed by atoms with E-state index in [1.165, 1.54) is 19.4 Å². The molecule has 0 bridgehead atoms. The molecule has 7 heteroatoms. The number of amides is 1. The summed E-state index contributed by atoms with van der Waals surface area (Å²) in [4.78, 5) is 23.1. The van der Waals surface area contributed by atoms with Crippen LogP contribution in [0.4, 0.5) is 4.79 Å². The SMILES string of the molecule is CC(C)N1CCCC(CN=C(N)N2CCN(C(=O)OC(C)(C)C)CC2)C1. The monoisotopic (exact) mass is 367 g/mol. The molecule has 2 fully saturated rings. The van der Waals surface area contributed by atoms with Gasteiger partial charge in [-0.05, 0) is 59.9 Å². The minimum atomic E-state index is -0.460. The molecule has 0 radical (unpaired) electrons. The molecule has 0 aromatic heterocycles. The van der Waals surface area contributed by atoms with Crippen LogP contribution in [0, 0.1) is 5.92 Å². The van der Waals surface area contributed by atoms with Crippen LogP contribution in [0.2, 0.25) is 0 Å². The van der Waals surface area contributed by atoms with Crippen LogP contribution in [0.1, 0.15) is 47.5 Å². The highest BCUT2D eigenvalue weighted by molar-refractivity contribution is 5.78. The van der Waals surface area contributed by atoms with Crippen molar-refractivity contribution in [1.82, 2.24) is 14.7 Å². The average molecular weight is 368 g/mol. The van der Waals surface area contributed by atoms with Gasteiger partial charge in [-0.1, -0.05) is 0 Å². The van der Waals surface area contributed by atoms with E-state index >= 15 is 0 Å². The highest BCUT2D eigenvalue weighted by atomic mass is 16.6. The molecular formula is C19H37N5O2. The molecule has 1 unspecified atom stereocenters. The number of nitrogens with two attached hydrogens (primary N) is 1. The van der Waals surface area contributed by atoms with Gasteiger partial charge in [0.2, 0.25) is 0 Å². The molecule has 0 saturated carbocycles. The number of guanidine groups is 1. The van der Waals surface area contributed by atoms with E-state index < -0.39 is 5.60 Å². The van der Waals surface area contributed by atoms with Gasteiger partial charge in [0.1, 0.15) is 5.60 Å². The molecule has 2 rings (SSSR count). The first-order chi connectivity index (χ1) is 12.2. The summed E-state index contributed by atoms with van der Waals surface area (Å²) in [5.74, 6) is 1.20. The predicted octanol–water partition coefficient (Wildman–Crippen LogP) is 1.97. The molecule has 2 heterocycles. The number of piperazine rings is 1.